The third-order valence-electron chi connectivity index (χ3n) is 5.37. The number of hydrogen-bond donors (Lipinski definition) is 0. The number of anilines is 2. The number of amides is 1. The molecular formula is C25H20N4O2S. The van der Waals surface area contributed by atoms with Crippen LogP contribution in [0.1, 0.15) is 12.5 Å². The Morgan fingerprint density at radius 3 is 2.44 bits per heavy atom. The summed E-state index contributed by atoms with van der Waals surface area (Å²) in [5, 5.41) is 0.576. The molecule has 0 unspecified atom stereocenters. The van der Waals surface area contributed by atoms with Gasteiger partial charge in [0, 0.05) is 0 Å². The molecule has 5 rings (SSSR count). The summed E-state index contributed by atoms with van der Waals surface area (Å²) < 4.78 is 2.46. The van der Waals surface area contributed by atoms with E-state index >= 15 is 0 Å². The number of aryl methyl sites for hydroxylation is 1. The van der Waals surface area contributed by atoms with E-state index in [1.54, 1.807) is 11.0 Å². The standard InChI is InChI=1S/C25H20N4O2S/c1-2-17-11-13-18(14-12-17)29(25-27-20-8-4-6-10-22(20)32-25)24(31)16-28-21-9-5-3-7-19(21)26-15-23(28)30/h3-15H,2,16H2,1H3. The maximum atomic E-state index is 13.7. The summed E-state index contributed by atoms with van der Waals surface area (Å²) in [6.45, 7) is 1.97. The first-order valence-electron chi connectivity index (χ1n) is 10.4. The number of aromatic nitrogens is 3. The highest BCUT2D eigenvalue weighted by Crippen LogP contribution is 2.34. The van der Waals surface area contributed by atoms with Gasteiger partial charge in [-0.1, -0.05) is 54.7 Å². The number of carbonyl (C=O) groups is 1. The fourth-order valence-electron chi connectivity index (χ4n) is 3.68. The molecule has 0 saturated carbocycles. The lowest BCUT2D eigenvalue weighted by atomic mass is 10.1. The first kappa shape index (κ1) is 20.1. The van der Waals surface area contributed by atoms with E-state index < -0.39 is 0 Å². The molecule has 2 heterocycles. The quantitative estimate of drug-likeness (QED) is 0.388. The van der Waals surface area contributed by atoms with Gasteiger partial charge < -0.3 is 0 Å². The Bertz CT molecular complexity index is 1450. The summed E-state index contributed by atoms with van der Waals surface area (Å²) in [6.07, 6.45) is 2.17. The number of benzene rings is 3. The van der Waals surface area contributed by atoms with Crippen LogP contribution in [0.15, 0.2) is 83.8 Å². The molecule has 1 amide bonds. The van der Waals surface area contributed by atoms with Crippen molar-refractivity contribution >= 4 is 49.3 Å². The summed E-state index contributed by atoms with van der Waals surface area (Å²) in [5.74, 6) is -0.244. The zero-order valence-electron chi connectivity index (χ0n) is 17.4. The van der Waals surface area contributed by atoms with Crippen molar-refractivity contribution in [3.8, 4) is 0 Å². The molecule has 0 fully saturated rings. The lowest BCUT2D eigenvalue weighted by Gasteiger charge is -2.21. The van der Waals surface area contributed by atoms with Crippen molar-refractivity contribution in [3.63, 3.8) is 0 Å². The predicted molar refractivity (Wildman–Crippen MR) is 129 cm³/mol. The van der Waals surface area contributed by atoms with E-state index in [2.05, 4.69) is 11.9 Å². The molecule has 0 N–H and O–H groups in total. The molecule has 0 aliphatic carbocycles. The van der Waals surface area contributed by atoms with Crippen molar-refractivity contribution in [1.29, 1.82) is 0 Å². The van der Waals surface area contributed by atoms with Crippen molar-refractivity contribution < 1.29 is 4.79 Å². The first-order chi connectivity index (χ1) is 15.6. The van der Waals surface area contributed by atoms with Crippen LogP contribution in [0.25, 0.3) is 21.3 Å². The third kappa shape index (κ3) is 3.67. The molecule has 7 heteroatoms. The molecule has 2 aromatic heterocycles. The molecule has 0 spiro atoms. The minimum Gasteiger partial charge on any atom is -0.296 e. The van der Waals surface area contributed by atoms with Gasteiger partial charge in [-0.2, -0.15) is 0 Å². The van der Waals surface area contributed by atoms with Gasteiger partial charge in [-0.15, -0.1) is 0 Å². The molecule has 0 aliphatic heterocycles. The fraction of sp³-hybridized carbons (Fsp3) is 0.120. The number of rotatable bonds is 5. The Labute approximate surface area is 188 Å². The molecule has 5 aromatic rings. The van der Waals surface area contributed by atoms with Gasteiger partial charge in [0.2, 0.25) is 0 Å². The van der Waals surface area contributed by atoms with E-state index in [1.165, 1.54) is 27.7 Å². The van der Waals surface area contributed by atoms with Gasteiger partial charge in [0.05, 0.1) is 33.1 Å². The molecule has 3 aromatic carbocycles. The molecule has 0 atom stereocenters. The number of thiazole rings is 1. The smallest absolute Gasteiger partial charge is 0.269 e. The third-order valence-corrected chi connectivity index (χ3v) is 6.39. The lowest BCUT2D eigenvalue weighted by molar-refractivity contribution is -0.118. The Morgan fingerprint density at radius 2 is 1.69 bits per heavy atom. The van der Waals surface area contributed by atoms with Crippen LogP contribution < -0.4 is 10.5 Å². The number of hydrogen-bond acceptors (Lipinski definition) is 5. The molecule has 6 nitrogen and oxygen atoms in total. The Morgan fingerprint density at radius 1 is 0.969 bits per heavy atom. The van der Waals surface area contributed by atoms with Gasteiger partial charge in [-0.25, -0.2) is 9.97 Å². The minimum absolute atomic E-state index is 0.118. The van der Waals surface area contributed by atoms with Crippen LogP contribution in [0.3, 0.4) is 0 Å². The van der Waals surface area contributed by atoms with E-state index in [0.29, 0.717) is 16.2 Å². The second-order valence-electron chi connectivity index (χ2n) is 7.38. The van der Waals surface area contributed by atoms with Gasteiger partial charge in [0.25, 0.3) is 11.5 Å². The van der Waals surface area contributed by atoms with Gasteiger partial charge in [-0.3, -0.25) is 19.1 Å². The molecule has 158 valence electrons. The molecule has 0 saturated heterocycles. The van der Waals surface area contributed by atoms with Crippen LogP contribution in [-0.4, -0.2) is 20.4 Å². The zero-order chi connectivity index (χ0) is 22.1. The van der Waals surface area contributed by atoms with Crippen LogP contribution >= 0.6 is 11.3 Å². The highest BCUT2D eigenvalue weighted by atomic mass is 32.1. The van der Waals surface area contributed by atoms with Crippen LogP contribution in [0.2, 0.25) is 0 Å². The minimum atomic E-state index is -0.317. The van der Waals surface area contributed by atoms with Crippen molar-refractivity contribution in [2.45, 2.75) is 19.9 Å². The van der Waals surface area contributed by atoms with Crippen molar-refractivity contribution in [3.05, 3.63) is 94.9 Å². The second kappa shape index (κ2) is 8.36. The number of para-hydroxylation sites is 3. The van der Waals surface area contributed by atoms with Crippen molar-refractivity contribution in [2.75, 3.05) is 4.90 Å². The maximum Gasteiger partial charge on any atom is 0.269 e. The summed E-state index contributed by atoms with van der Waals surface area (Å²) in [5.41, 5.74) is 3.71. The van der Waals surface area contributed by atoms with Gasteiger partial charge in [-0.05, 0) is 48.4 Å². The van der Waals surface area contributed by atoms with E-state index in [9.17, 15) is 9.59 Å². The summed E-state index contributed by atoms with van der Waals surface area (Å²) in [4.78, 5) is 36.8. The predicted octanol–water partition coefficient (Wildman–Crippen LogP) is 4.93. The van der Waals surface area contributed by atoms with E-state index in [1.807, 2.05) is 66.7 Å². The Hall–Kier alpha value is -3.84. The average Bonchev–Trinajstić information content (AvgIpc) is 3.25. The summed E-state index contributed by atoms with van der Waals surface area (Å²) in [7, 11) is 0. The lowest BCUT2D eigenvalue weighted by Crippen LogP contribution is -2.33. The number of nitrogens with zero attached hydrogens (tertiary/aromatic N) is 4. The Balaban J connectivity index is 1.61. The monoisotopic (exact) mass is 440 g/mol. The molecule has 0 radical (unpaired) electrons. The molecule has 0 bridgehead atoms. The van der Waals surface area contributed by atoms with Crippen LogP contribution in [0.4, 0.5) is 10.8 Å². The number of carbonyl (C=O) groups excluding carboxylic acids is 1. The van der Waals surface area contributed by atoms with Crippen LogP contribution in [-0.2, 0) is 17.8 Å². The molecule has 0 aliphatic rings. The van der Waals surface area contributed by atoms with Gasteiger partial charge in [0.15, 0.2) is 5.13 Å². The SMILES string of the molecule is CCc1ccc(N(C(=O)Cn2c(=O)cnc3ccccc32)c2nc3ccccc3s2)cc1. The average molecular weight is 441 g/mol. The highest BCUT2D eigenvalue weighted by Gasteiger charge is 2.23. The van der Waals surface area contributed by atoms with Crippen LogP contribution in [0.5, 0.6) is 0 Å². The topological polar surface area (TPSA) is 68.1 Å². The Kier molecular flexibility index (Phi) is 5.25. The van der Waals surface area contributed by atoms with Gasteiger partial charge in [0.1, 0.15) is 6.54 Å². The maximum absolute atomic E-state index is 13.7. The first-order valence-corrected chi connectivity index (χ1v) is 11.2. The summed E-state index contributed by atoms with van der Waals surface area (Å²) in [6, 6.07) is 23.0. The second-order valence-corrected chi connectivity index (χ2v) is 8.39. The zero-order valence-corrected chi connectivity index (χ0v) is 18.2. The summed E-state index contributed by atoms with van der Waals surface area (Å²) >= 11 is 1.45. The van der Waals surface area contributed by atoms with E-state index in [4.69, 9.17) is 4.98 Å². The largest absolute Gasteiger partial charge is 0.296 e. The van der Waals surface area contributed by atoms with Crippen LogP contribution in [0, 0.1) is 0 Å². The van der Waals surface area contributed by atoms with Gasteiger partial charge >= 0.3 is 0 Å². The molecular weight excluding hydrogens is 420 g/mol. The highest BCUT2D eigenvalue weighted by molar-refractivity contribution is 7.22. The van der Waals surface area contributed by atoms with Crippen molar-refractivity contribution in [2.24, 2.45) is 0 Å². The fourth-order valence-corrected chi connectivity index (χ4v) is 4.69. The number of fused-ring (bicyclic) bond motifs is 2. The van der Waals surface area contributed by atoms with E-state index in [0.717, 1.165) is 22.3 Å². The van der Waals surface area contributed by atoms with Crippen molar-refractivity contribution in [1.82, 2.24) is 14.5 Å². The molecule has 32 heavy (non-hydrogen) atoms. The van der Waals surface area contributed by atoms with E-state index in [-0.39, 0.29) is 18.0 Å². The normalized spacial score (nSPS) is 11.2.